The molecular weight excluding hydrogens is 194 g/mol. The van der Waals surface area contributed by atoms with Gasteiger partial charge in [0.25, 0.3) is 11.9 Å². The highest BCUT2D eigenvalue weighted by atomic mass is 16.1. The van der Waals surface area contributed by atoms with Gasteiger partial charge in [-0.15, -0.1) is 5.10 Å². The molecule has 0 unspecified atom stereocenters. The number of rotatable bonds is 2. The van der Waals surface area contributed by atoms with E-state index in [9.17, 15) is 4.79 Å². The molecule has 2 aromatic rings. The molecule has 1 aromatic heterocycles. The Labute approximate surface area is 85.5 Å². The number of hydrogen-bond acceptors (Lipinski definition) is 4. The summed E-state index contributed by atoms with van der Waals surface area (Å²) >= 11 is 0. The Morgan fingerprint density at radius 2 is 2.07 bits per heavy atom. The minimum absolute atomic E-state index is 0.165. The minimum Gasteiger partial charge on any atom is -0.368 e. The van der Waals surface area contributed by atoms with Gasteiger partial charge in [0.15, 0.2) is 0 Å². The third-order valence-electron chi connectivity index (χ3n) is 1.76. The Morgan fingerprint density at radius 1 is 1.33 bits per heavy atom. The summed E-state index contributed by atoms with van der Waals surface area (Å²) in [6.07, 6.45) is 0. The van der Waals surface area contributed by atoms with E-state index in [2.05, 4.69) is 20.5 Å². The van der Waals surface area contributed by atoms with Crippen molar-refractivity contribution in [3.8, 4) is 0 Å². The van der Waals surface area contributed by atoms with Crippen molar-refractivity contribution in [1.29, 1.82) is 0 Å². The molecule has 1 amide bonds. The molecule has 0 spiro atoms. The Morgan fingerprint density at radius 3 is 2.67 bits per heavy atom. The molecule has 0 atom stereocenters. The smallest absolute Gasteiger partial charge is 0.258 e. The lowest BCUT2D eigenvalue weighted by Gasteiger charge is -1.99. The number of nitrogens with one attached hydrogen (secondary N) is 2. The normalized spacial score (nSPS) is 9.87. The molecule has 1 aromatic carbocycles. The largest absolute Gasteiger partial charge is 0.368 e. The van der Waals surface area contributed by atoms with Crippen LogP contribution in [0.25, 0.3) is 0 Å². The topological polar surface area (TPSA) is 96.7 Å². The molecule has 0 saturated heterocycles. The van der Waals surface area contributed by atoms with E-state index in [1.54, 1.807) is 24.3 Å². The number of aromatic amines is 1. The zero-order valence-electron chi connectivity index (χ0n) is 7.77. The van der Waals surface area contributed by atoms with Gasteiger partial charge in [-0.25, -0.2) is 5.10 Å². The summed E-state index contributed by atoms with van der Waals surface area (Å²) in [5.74, 6) is 0.0642. The highest BCUT2D eigenvalue weighted by molar-refractivity contribution is 6.03. The second-order valence-electron chi connectivity index (χ2n) is 2.86. The summed E-state index contributed by atoms with van der Waals surface area (Å²) in [7, 11) is 0. The predicted molar refractivity (Wildman–Crippen MR) is 55.2 cm³/mol. The van der Waals surface area contributed by atoms with Crippen LogP contribution in [0.2, 0.25) is 0 Å². The number of nitrogen functional groups attached to an aromatic ring is 1. The van der Waals surface area contributed by atoms with E-state index in [1.807, 2.05) is 6.07 Å². The fraction of sp³-hybridized carbons (Fsp3) is 0. The van der Waals surface area contributed by atoms with Gasteiger partial charge in [-0.1, -0.05) is 18.2 Å². The zero-order valence-corrected chi connectivity index (χ0v) is 7.77. The first-order valence-corrected chi connectivity index (χ1v) is 4.30. The first kappa shape index (κ1) is 9.20. The predicted octanol–water partition coefficient (Wildman–Crippen LogP) is 0.639. The molecule has 0 bridgehead atoms. The second kappa shape index (κ2) is 3.79. The van der Waals surface area contributed by atoms with Gasteiger partial charge in [-0.2, -0.15) is 4.98 Å². The Balaban J connectivity index is 2.11. The van der Waals surface area contributed by atoms with Crippen LogP contribution in [0.4, 0.5) is 11.9 Å². The van der Waals surface area contributed by atoms with Crippen LogP contribution >= 0.6 is 0 Å². The van der Waals surface area contributed by atoms with E-state index < -0.39 is 0 Å². The highest BCUT2D eigenvalue weighted by Gasteiger charge is 2.07. The summed E-state index contributed by atoms with van der Waals surface area (Å²) in [6.45, 7) is 0. The molecule has 6 heteroatoms. The number of aromatic nitrogens is 3. The number of carbonyl (C=O) groups excluding carboxylic acids is 1. The van der Waals surface area contributed by atoms with E-state index >= 15 is 0 Å². The van der Waals surface area contributed by atoms with Crippen molar-refractivity contribution >= 4 is 17.8 Å². The Hall–Kier alpha value is -2.37. The second-order valence-corrected chi connectivity index (χ2v) is 2.86. The van der Waals surface area contributed by atoms with Crippen LogP contribution in [-0.2, 0) is 0 Å². The van der Waals surface area contributed by atoms with Crippen molar-refractivity contribution in [2.45, 2.75) is 0 Å². The maximum Gasteiger partial charge on any atom is 0.258 e. The summed E-state index contributed by atoms with van der Waals surface area (Å²) in [5, 5.41) is 8.62. The van der Waals surface area contributed by atoms with Crippen LogP contribution in [0, 0.1) is 0 Å². The van der Waals surface area contributed by atoms with Gasteiger partial charge in [0.1, 0.15) is 0 Å². The number of amides is 1. The molecule has 0 aliphatic rings. The summed E-state index contributed by atoms with van der Waals surface area (Å²) in [4.78, 5) is 15.3. The van der Waals surface area contributed by atoms with E-state index in [4.69, 9.17) is 5.73 Å². The fourth-order valence-electron chi connectivity index (χ4n) is 1.09. The molecule has 6 nitrogen and oxygen atoms in total. The molecule has 76 valence electrons. The molecule has 2 rings (SSSR count). The van der Waals surface area contributed by atoms with Crippen molar-refractivity contribution in [1.82, 2.24) is 15.2 Å². The summed E-state index contributed by atoms with van der Waals surface area (Å²) < 4.78 is 0. The third-order valence-corrected chi connectivity index (χ3v) is 1.76. The van der Waals surface area contributed by atoms with Gasteiger partial charge in [-0.05, 0) is 12.1 Å². The standard InChI is InChI=1S/C9H9N5O/c10-8-12-9(14-13-8)11-7(15)6-4-2-1-3-5-6/h1-5H,(H4,10,11,12,13,14,15). The van der Waals surface area contributed by atoms with Crippen LogP contribution < -0.4 is 11.1 Å². The van der Waals surface area contributed by atoms with E-state index in [-0.39, 0.29) is 17.8 Å². The average molecular weight is 203 g/mol. The van der Waals surface area contributed by atoms with Gasteiger partial charge in [0, 0.05) is 5.56 Å². The van der Waals surface area contributed by atoms with Gasteiger partial charge in [0.05, 0.1) is 0 Å². The van der Waals surface area contributed by atoms with Gasteiger partial charge < -0.3 is 5.73 Å². The van der Waals surface area contributed by atoms with Crippen molar-refractivity contribution in [2.75, 3.05) is 11.1 Å². The highest BCUT2D eigenvalue weighted by Crippen LogP contribution is 2.04. The SMILES string of the molecule is Nc1nc(NC(=O)c2ccccc2)n[nH]1. The quantitative estimate of drug-likeness (QED) is 0.667. The number of benzene rings is 1. The fourth-order valence-corrected chi connectivity index (χ4v) is 1.09. The number of nitrogens with two attached hydrogens (primary N) is 1. The van der Waals surface area contributed by atoms with E-state index in [1.165, 1.54) is 0 Å². The van der Waals surface area contributed by atoms with Crippen molar-refractivity contribution in [3.05, 3.63) is 35.9 Å². The molecular formula is C9H9N5O. The van der Waals surface area contributed by atoms with Gasteiger partial charge >= 0.3 is 0 Å². The molecule has 0 fully saturated rings. The zero-order chi connectivity index (χ0) is 10.7. The first-order chi connectivity index (χ1) is 7.25. The lowest BCUT2D eigenvalue weighted by molar-refractivity contribution is 0.102. The van der Waals surface area contributed by atoms with Crippen molar-refractivity contribution < 1.29 is 4.79 Å². The number of anilines is 2. The van der Waals surface area contributed by atoms with Gasteiger partial charge in [0.2, 0.25) is 5.95 Å². The minimum atomic E-state index is -0.269. The number of H-pyrrole nitrogens is 1. The Kier molecular flexibility index (Phi) is 2.32. The van der Waals surface area contributed by atoms with Crippen LogP contribution in [0.15, 0.2) is 30.3 Å². The molecule has 15 heavy (non-hydrogen) atoms. The third kappa shape index (κ3) is 2.11. The first-order valence-electron chi connectivity index (χ1n) is 4.30. The van der Waals surface area contributed by atoms with Crippen molar-refractivity contribution in [3.63, 3.8) is 0 Å². The monoisotopic (exact) mass is 203 g/mol. The number of hydrogen-bond donors (Lipinski definition) is 3. The number of nitrogens with zero attached hydrogens (tertiary/aromatic N) is 2. The molecule has 0 aliphatic heterocycles. The summed E-state index contributed by atoms with van der Waals surface area (Å²) in [6, 6.07) is 8.79. The van der Waals surface area contributed by atoms with Crippen LogP contribution in [0.3, 0.4) is 0 Å². The maximum absolute atomic E-state index is 11.6. The van der Waals surface area contributed by atoms with Crippen molar-refractivity contribution in [2.24, 2.45) is 0 Å². The van der Waals surface area contributed by atoms with E-state index in [0.717, 1.165) is 0 Å². The molecule has 0 radical (unpaired) electrons. The number of carbonyl (C=O) groups is 1. The van der Waals surface area contributed by atoms with Crippen LogP contribution in [0.5, 0.6) is 0 Å². The lowest BCUT2D eigenvalue weighted by Crippen LogP contribution is -2.12. The van der Waals surface area contributed by atoms with Crippen LogP contribution in [-0.4, -0.2) is 21.1 Å². The lowest BCUT2D eigenvalue weighted by atomic mass is 10.2. The maximum atomic E-state index is 11.6. The van der Waals surface area contributed by atoms with E-state index in [0.29, 0.717) is 5.56 Å². The molecule has 4 N–H and O–H groups in total. The van der Waals surface area contributed by atoms with Crippen LogP contribution in [0.1, 0.15) is 10.4 Å². The average Bonchev–Trinajstić information content (AvgIpc) is 2.65. The summed E-state index contributed by atoms with van der Waals surface area (Å²) in [5.41, 5.74) is 5.86. The molecule has 0 saturated carbocycles. The molecule has 0 aliphatic carbocycles. The molecule has 1 heterocycles. The van der Waals surface area contributed by atoms with Gasteiger partial charge in [-0.3, -0.25) is 10.1 Å². The Bertz CT molecular complexity index is 464.